The first-order valence-electron chi connectivity index (χ1n) is 6.04. The topological polar surface area (TPSA) is 46.5 Å². The molecule has 21 heavy (non-hydrogen) atoms. The minimum Gasteiger partial charge on any atom is -0.478 e. The highest BCUT2D eigenvalue weighted by molar-refractivity contribution is 6.34. The number of carboxylic acids is 1. The SMILES string of the molecule is O=C(O)[C@H](Cc1cc(Cl)cc(Cl)c1)Oc1ccc(Cl)cc1. The zero-order valence-electron chi connectivity index (χ0n) is 10.7. The maximum Gasteiger partial charge on any atom is 0.345 e. The van der Waals surface area contributed by atoms with E-state index in [-0.39, 0.29) is 6.42 Å². The standard InChI is InChI=1S/C15H11Cl3O3/c16-10-1-3-13(4-2-10)21-14(15(19)20)7-9-5-11(17)8-12(18)6-9/h1-6,8,14H,7H2,(H,19,20)/t14-/m0/s1. The van der Waals surface area contributed by atoms with E-state index in [1.807, 2.05) is 0 Å². The lowest BCUT2D eigenvalue weighted by Crippen LogP contribution is -2.29. The Morgan fingerprint density at radius 1 is 1.00 bits per heavy atom. The summed E-state index contributed by atoms with van der Waals surface area (Å²) in [7, 11) is 0. The van der Waals surface area contributed by atoms with E-state index in [9.17, 15) is 9.90 Å². The molecule has 1 atom stereocenters. The Morgan fingerprint density at radius 2 is 1.57 bits per heavy atom. The molecule has 1 N–H and O–H groups in total. The summed E-state index contributed by atoms with van der Waals surface area (Å²) in [6, 6.07) is 11.4. The summed E-state index contributed by atoms with van der Waals surface area (Å²) in [4.78, 5) is 11.3. The molecule has 0 fully saturated rings. The first kappa shape index (κ1) is 16.0. The Bertz CT molecular complexity index is 621. The van der Waals surface area contributed by atoms with Gasteiger partial charge in [0.2, 0.25) is 0 Å². The van der Waals surface area contributed by atoms with E-state index in [4.69, 9.17) is 39.5 Å². The normalized spacial score (nSPS) is 12.0. The van der Waals surface area contributed by atoms with Crippen molar-refractivity contribution in [3.63, 3.8) is 0 Å². The summed E-state index contributed by atoms with van der Waals surface area (Å²) in [5.74, 6) is -0.638. The molecule has 0 unspecified atom stereocenters. The molecule has 0 aliphatic carbocycles. The van der Waals surface area contributed by atoms with Crippen LogP contribution in [0.5, 0.6) is 5.75 Å². The van der Waals surface area contributed by atoms with E-state index in [1.165, 1.54) is 0 Å². The highest BCUT2D eigenvalue weighted by Gasteiger charge is 2.20. The molecule has 6 heteroatoms. The summed E-state index contributed by atoms with van der Waals surface area (Å²) < 4.78 is 5.47. The van der Waals surface area contributed by atoms with Crippen LogP contribution >= 0.6 is 34.8 Å². The highest BCUT2D eigenvalue weighted by Crippen LogP contribution is 2.22. The van der Waals surface area contributed by atoms with Crippen LogP contribution in [0.4, 0.5) is 0 Å². The molecule has 0 amide bonds. The van der Waals surface area contributed by atoms with E-state index in [0.29, 0.717) is 26.4 Å². The number of hydrogen-bond acceptors (Lipinski definition) is 2. The molecule has 0 aliphatic rings. The third kappa shape index (κ3) is 4.81. The van der Waals surface area contributed by atoms with Crippen LogP contribution in [0.15, 0.2) is 42.5 Å². The molecule has 2 aromatic carbocycles. The molecule has 3 nitrogen and oxygen atoms in total. The molecule has 2 aromatic rings. The van der Waals surface area contributed by atoms with Gasteiger partial charge in [0, 0.05) is 21.5 Å². The van der Waals surface area contributed by atoms with Gasteiger partial charge >= 0.3 is 5.97 Å². The van der Waals surface area contributed by atoms with Crippen LogP contribution < -0.4 is 4.74 Å². The molecule has 0 aliphatic heterocycles. The fourth-order valence-corrected chi connectivity index (χ4v) is 2.50. The largest absolute Gasteiger partial charge is 0.478 e. The fourth-order valence-electron chi connectivity index (χ4n) is 1.80. The number of halogens is 3. The van der Waals surface area contributed by atoms with Crippen LogP contribution in [0.3, 0.4) is 0 Å². The molecule has 0 bridgehead atoms. The van der Waals surface area contributed by atoms with Gasteiger partial charge in [0.05, 0.1) is 0 Å². The molecular weight excluding hydrogens is 335 g/mol. The van der Waals surface area contributed by atoms with Crippen LogP contribution in [0.2, 0.25) is 15.1 Å². The smallest absolute Gasteiger partial charge is 0.345 e. The molecule has 0 saturated carbocycles. The highest BCUT2D eigenvalue weighted by atomic mass is 35.5. The van der Waals surface area contributed by atoms with Gasteiger partial charge in [-0.15, -0.1) is 0 Å². The minimum absolute atomic E-state index is 0.151. The van der Waals surface area contributed by atoms with Crippen molar-refractivity contribution >= 4 is 40.8 Å². The number of carboxylic acid groups (broad SMARTS) is 1. The van der Waals surface area contributed by atoms with E-state index in [2.05, 4.69) is 0 Å². The first-order chi connectivity index (χ1) is 9.94. The van der Waals surface area contributed by atoms with Gasteiger partial charge in [0.15, 0.2) is 6.10 Å². The molecule has 0 radical (unpaired) electrons. The van der Waals surface area contributed by atoms with E-state index in [1.54, 1.807) is 42.5 Å². The van der Waals surface area contributed by atoms with Crippen molar-refractivity contribution in [2.45, 2.75) is 12.5 Å². The average molecular weight is 346 g/mol. The average Bonchev–Trinajstić information content (AvgIpc) is 2.39. The monoisotopic (exact) mass is 344 g/mol. The Morgan fingerprint density at radius 3 is 2.10 bits per heavy atom. The van der Waals surface area contributed by atoms with Gasteiger partial charge in [-0.1, -0.05) is 34.8 Å². The Balaban J connectivity index is 2.15. The van der Waals surface area contributed by atoms with Crippen LogP contribution in [-0.2, 0) is 11.2 Å². The van der Waals surface area contributed by atoms with Crippen LogP contribution in [0.25, 0.3) is 0 Å². The second-order valence-corrected chi connectivity index (χ2v) is 5.69. The predicted octanol–water partition coefficient (Wildman–Crippen LogP) is 4.72. The number of hydrogen-bond donors (Lipinski definition) is 1. The zero-order valence-corrected chi connectivity index (χ0v) is 13.0. The third-order valence-corrected chi connectivity index (χ3v) is 3.40. The number of ether oxygens (including phenoxy) is 1. The van der Waals surface area contributed by atoms with Gasteiger partial charge in [0.1, 0.15) is 5.75 Å². The van der Waals surface area contributed by atoms with Gasteiger partial charge in [0.25, 0.3) is 0 Å². The maximum atomic E-state index is 11.3. The summed E-state index contributed by atoms with van der Waals surface area (Å²) in [5, 5.41) is 10.7. The molecule has 0 heterocycles. The molecule has 2 rings (SSSR count). The molecule has 110 valence electrons. The summed E-state index contributed by atoms with van der Waals surface area (Å²) in [6.07, 6.45) is -0.890. The van der Waals surface area contributed by atoms with Crippen molar-refractivity contribution in [1.82, 2.24) is 0 Å². The van der Waals surface area contributed by atoms with Crippen molar-refractivity contribution in [2.24, 2.45) is 0 Å². The Labute approximate surface area is 137 Å². The second kappa shape index (κ2) is 7.03. The third-order valence-electron chi connectivity index (χ3n) is 2.71. The van der Waals surface area contributed by atoms with Gasteiger partial charge in [-0.25, -0.2) is 4.79 Å². The molecule has 0 spiro atoms. The fraction of sp³-hybridized carbons (Fsp3) is 0.133. The van der Waals surface area contributed by atoms with Crippen molar-refractivity contribution in [1.29, 1.82) is 0 Å². The number of benzene rings is 2. The maximum absolute atomic E-state index is 11.3. The zero-order chi connectivity index (χ0) is 15.4. The van der Waals surface area contributed by atoms with Crippen LogP contribution in [0.1, 0.15) is 5.56 Å². The Kier molecular flexibility index (Phi) is 5.34. The first-order valence-corrected chi connectivity index (χ1v) is 7.17. The number of carbonyl (C=O) groups is 1. The molecule has 0 aromatic heterocycles. The van der Waals surface area contributed by atoms with Gasteiger partial charge < -0.3 is 9.84 Å². The Hall–Kier alpha value is -1.42. The van der Waals surface area contributed by atoms with Crippen molar-refractivity contribution in [3.8, 4) is 5.75 Å². The minimum atomic E-state index is -1.07. The van der Waals surface area contributed by atoms with E-state index in [0.717, 1.165) is 0 Å². The second-order valence-electron chi connectivity index (χ2n) is 4.38. The lowest BCUT2D eigenvalue weighted by molar-refractivity contribution is -0.145. The summed E-state index contributed by atoms with van der Waals surface area (Å²) in [5.41, 5.74) is 0.689. The van der Waals surface area contributed by atoms with Gasteiger partial charge in [-0.05, 0) is 48.0 Å². The number of rotatable bonds is 5. The molecular formula is C15H11Cl3O3. The lowest BCUT2D eigenvalue weighted by Gasteiger charge is -2.15. The number of aliphatic carboxylic acids is 1. The van der Waals surface area contributed by atoms with Crippen molar-refractivity contribution < 1.29 is 14.6 Å². The van der Waals surface area contributed by atoms with E-state index >= 15 is 0 Å². The van der Waals surface area contributed by atoms with Crippen LogP contribution in [-0.4, -0.2) is 17.2 Å². The summed E-state index contributed by atoms with van der Waals surface area (Å²) >= 11 is 17.6. The van der Waals surface area contributed by atoms with Crippen LogP contribution in [0, 0.1) is 0 Å². The lowest BCUT2D eigenvalue weighted by atomic mass is 10.1. The quantitative estimate of drug-likeness (QED) is 0.852. The van der Waals surface area contributed by atoms with Crippen molar-refractivity contribution in [2.75, 3.05) is 0 Å². The molecule has 0 saturated heterocycles. The van der Waals surface area contributed by atoms with Gasteiger partial charge in [-0.3, -0.25) is 0 Å². The van der Waals surface area contributed by atoms with Gasteiger partial charge in [-0.2, -0.15) is 0 Å². The van der Waals surface area contributed by atoms with E-state index < -0.39 is 12.1 Å². The van der Waals surface area contributed by atoms with Crippen molar-refractivity contribution in [3.05, 3.63) is 63.1 Å². The summed E-state index contributed by atoms with van der Waals surface area (Å²) in [6.45, 7) is 0. The predicted molar refractivity (Wildman–Crippen MR) is 83.7 cm³/mol.